The van der Waals surface area contributed by atoms with Crippen LogP contribution in [0.4, 0.5) is 11.6 Å². The van der Waals surface area contributed by atoms with Crippen LogP contribution in [0.1, 0.15) is 0 Å². The van der Waals surface area contributed by atoms with E-state index in [9.17, 15) is 8.42 Å². The first-order valence-corrected chi connectivity index (χ1v) is 4.36. The van der Waals surface area contributed by atoms with Gasteiger partial charge >= 0.3 is 16.1 Å². The summed E-state index contributed by atoms with van der Waals surface area (Å²) in [6.45, 7) is 0. The van der Waals surface area contributed by atoms with Crippen LogP contribution in [0.25, 0.3) is 0 Å². The number of nitrogens with two attached hydrogens (primary N) is 2. The normalized spacial score (nSPS) is 11.5. The Bertz CT molecular complexity index is 418. The molecule has 9 heteroatoms. The summed E-state index contributed by atoms with van der Waals surface area (Å²) in [5.74, 6) is -1.21. The van der Waals surface area contributed by atoms with Crippen LogP contribution in [0.15, 0.2) is 4.90 Å². The van der Waals surface area contributed by atoms with Crippen molar-refractivity contribution < 1.29 is 18.1 Å². The van der Waals surface area contributed by atoms with E-state index in [1.54, 1.807) is 0 Å². The fourth-order valence-electron chi connectivity index (χ4n) is 0.738. The summed E-state index contributed by atoms with van der Waals surface area (Å²) in [5.41, 5.74) is 10.2. The fraction of sp³-hybridized carbons (Fsp3) is 0. The summed E-state index contributed by atoms with van der Waals surface area (Å²) in [5, 5.41) is 8.73. The minimum Gasteiger partial charge on any atom is -0.479 e. The SMILES string of the molecule is Nc1nc(O)nc(N)c1S(=O)(=O)O. The maximum Gasteiger partial charge on any atom is 0.317 e. The molecule has 0 aliphatic carbocycles. The molecule has 0 unspecified atom stereocenters. The second-order valence-corrected chi connectivity index (χ2v) is 3.46. The minimum atomic E-state index is -4.57. The summed E-state index contributed by atoms with van der Waals surface area (Å²) in [7, 11) is -4.57. The van der Waals surface area contributed by atoms with E-state index in [1.165, 1.54) is 0 Å². The Balaban J connectivity index is 3.57. The van der Waals surface area contributed by atoms with Crippen molar-refractivity contribution >= 4 is 21.8 Å². The smallest absolute Gasteiger partial charge is 0.317 e. The largest absolute Gasteiger partial charge is 0.479 e. The van der Waals surface area contributed by atoms with Crippen molar-refractivity contribution in [3.8, 4) is 6.01 Å². The van der Waals surface area contributed by atoms with Gasteiger partial charge < -0.3 is 16.6 Å². The van der Waals surface area contributed by atoms with Crippen LogP contribution in [0.3, 0.4) is 0 Å². The highest BCUT2D eigenvalue weighted by Gasteiger charge is 2.21. The number of hydrogen-bond acceptors (Lipinski definition) is 7. The van der Waals surface area contributed by atoms with Crippen LogP contribution in [0.5, 0.6) is 6.01 Å². The first kappa shape index (κ1) is 9.48. The molecule has 0 bridgehead atoms. The Morgan fingerprint density at radius 2 is 1.54 bits per heavy atom. The number of nitrogens with zero attached hydrogens (tertiary/aromatic N) is 2. The molecule has 72 valence electrons. The lowest BCUT2D eigenvalue weighted by Crippen LogP contribution is -2.10. The third-order valence-electron chi connectivity index (χ3n) is 1.16. The topological polar surface area (TPSA) is 152 Å². The van der Waals surface area contributed by atoms with Crippen molar-refractivity contribution in [2.24, 2.45) is 0 Å². The summed E-state index contributed by atoms with van der Waals surface area (Å²) >= 11 is 0. The number of hydrogen-bond donors (Lipinski definition) is 4. The van der Waals surface area contributed by atoms with Gasteiger partial charge in [-0.3, -0.25) is 4.55 Å². The zero-order chi connectivity index (χ0) is 10.2. The van der Waals surface area contributed by atoms with Crippen molar-refractivity contribution in [1.82, 2.24) is 9.97 Å². The fourth-order valence-corrected chi connectivity index (χ4v) is 1.36. The molecule has 0 saturated carbocycles. The average Bonchev–Trinajstić information content (AvgIpc) is 1.78. The van der Waals surface area contributed by atoms with E-state index in [2.05, 4.69) is 9.97 Å². The summed E-state index contributed by atoms with van der Waals surface area (Å²) < 4.78 is 29.8. The molecule has 0 aromatic carbocycles. The number of nitrogen functional groups attached to an aromatic ring is 2. The predicted octanol–water partition coefficient (Wildman–Crippen LogP) is -1.41. The molecule has 0 aliphatic rings. The highest BCUT2D eigenvalue weighted by molar-refractivity contribution is 7.86. The van der Waals surface area contributed by atoms with Crippen molar-refractivity contribution in [3.63, 3.8) is 0 Å². The van der Waals surface area contributed by atoms with Crippen LogP contribution >= 0.6 is 0 Å². The van der Waals surface area contributed by atoms with Gasteiger partial charge in [0.2, 0.25) is 0 Å². The molecule has 0 saturated heterocycles. The monoisotopic (exact) mass is 206 g/mol. The zero-order valence-corrected chi connectivity index (χ0v) is 6.98. The van der Waals surface area contributed by atoms with Crippen LogP contribution in [-0.2, 0) is 10.1 Å². The number of aromatic nitrogens is 2. The molecular formula is C4H6N4O4S. The lowest BCUT2D eigenvalue weighted by atomic mass is 10.5. The molecule has 0 fully saturated rings. The van der Waals surface area contributed by atoms with Crippen molar-refractivity contribution in [2.45, 2.75) is 4.90 Å². The van der Waals surface area contributed by atoms with E-state index in [0.29, 0.717) is 0 Å². The predicted molar refractivity (Wildman–Crippen MR) is 42.3 cm³/mol. The molecule has 1 rings (SSSR count). The molecule has 0 amide bonds. The molecule has 13 heavy (non-hydrogen) atoms. The zero-order valence-electron chi connectivity index (χ0n) is 6.17. The molecule has 0 radical (unpaired) electrons. The van der Waals surface area contributed by atoms with Crippen LogP contribution in [0.2, 0.25) is 0 Å². The Hall–Kier alpha value is -1.61. The first-order chi connectivity index (χ1) is 5.82. The Morgan fingerprint density at radius 3 is 1.85 bits per heavy atom. The third-order valence-corrected chi connectivity index (χ3v) is 2.10. The van der Waals surface area contributed by atoms with Gasteiger partial charge in [0.1, 0.15) is 0 Å². The number of anilines is 2. The maximum atomic E-state index is 10.6. The van der Waals surface area contributed by atoms with Gasteiger partial charge in [0.15, 0.2) is 16.5 Å². The van der Waals surface area contributed by atoms with Crippen molar-refractivity contribution in [3.05, 3.63) is 0 Å². The number of aromatic hydroxyl groups is 1. The first-order valence-electron chi connectivity index (χ1n) is 2.92. The Morgan fingerprint density at radius 1 is 1.15 bits per heavy atom. The van der Waals surface area contributed by atoms with E-state index in [4.69, 9.17) is 21.1 Å². The second-order valence-electron chi connectivity index (χ2n) is 2.10. The molecule has 0 aliphatic heterocycles. The highest BCUT2D eigenvalue weighted by atomic mass is 32.2. The standard InChI is InChI=1S/C4H6N4O4S/c5-2-1(13(10,11)12)3(6)8-4(9)7-2/h(H,10,11,12)(H5,5,6,7,8,9). The van der Waals surface area contributed by atoms with Gasteiger partial charge in [-0.25, -0.2) is 0 Å². The molecule has 0 spiro atoms. The molecule has 8 nitrogen and oxygen atoms in total. The summed E-state index contributed by atoms with van der Waals surface area (Å²) in [6.07, 6.45) is 0. The Kier molecular flexibility index (Phi) is 1.97. The molecular weight excluding hydrogens is 200 g/mol. The lowest BCUT2D eigenvalue weighted by Gasteiger charge is -2.03. The van der Waals surface area contributed by atoms with Crippen LogP contribution in [-0.4, -0.2) is 28.0 Å². The van der Waals surface area contributed by atoms with Gasteiger partial charge in [-0.2, -0.15) is 18.4 Å². The van der Waals surface area contributed by atoms with E-state index >= 15 is 0 Å². The molecule has 1 aromatic rings. The van der Waals surface area contributed by atoms with Gasteiger partial charge in [-0.05, 0) is 0 Å². The van der Waals surface area contributed by atoms with E-state index < -0.39 is 32.7 Å². The number of rotatable bonds is 1. The van der Waals surface area contributed by atoms with Crippen LogP contribution < -0.4 is 11.5 Å². The van der Waals surface area contributed by atoms with Gasteiger partial charge in [0.05, 0.1) is 0 Å². The Labute approximate surface area is 73.0 Å². The third kappa shape index (κ3) is 1.76. The van der Waals surface area contributed by atoms with Crippen molar-refractivity contribution in [1.29, 1.82) is 0 Å². The molecule has 1 heterocycles. The molecule has 0 atom stereocenters. The van der Waals surface area contributed by atoms with Gasteiger partial charge in [0.25, 0.3) is 0 Å². The quantitative estimate of drug-likeness (QED) is 0.409. The minimum absolute atomic E-state index is 0.604. The molecule has 6 N–H and O–H groups in total. The summed E-state index contributed by atoms with van der Waals surface area (Å²) in [6, 6.07) is -0.762. The summed E-state index contributed by atoms with van der Waals surface area (Å²) in [4.78, 5) is 5.41. The van der Waals surface area contributed by atoms with Gasteiger partial charge in [-0.1, -0.05) is 0 Å². The van der Waals surface area contributed by atoms with Crippen molar-refractivity contribution in [2.75, 3.05) is 11.5 Å². The highest BCUT2D eigenvalue weighted by Crippen LogP contribution is 2.22. The molecule has 1 aromatic heterocycles. The average molecular weight is 206 g/mol. The van der Waals surface area contributed by atoms with E-state index in [0.717, 1.165) is 0 Å². The van der Waals surface area contributed by atoms with Crippen LogP contribution in [0, 0.1) is 0 Å². The lowest BCUT2D eigenvalue weighted by molar-refractivity contribution is 0.430. The maximum absolute atomic E-state index is 10.6. The van der Waals surface area contributed by atoms with Gasteiger partial charge in [-0.15, -0.1) is 0 Å². The van der Waals surface area contributed by atoms with E-state index in [-0.39, 0.29) is 0 Å². The second kappa shape index (κ2) is 2.71. The van der Waals surface area contributed by atoms with E-state index in [1.807, 2.05) is 0 Å². The van der Waals surface area contributed by atoms with Gasteiger partial charge in [0, 0.05) is 0 Å².